The predicted octanol–water partition coefficient (Wildman–Crippen LogP) is 1.42. The van der Waals surface area contributed by atoms with Gasteiger partial charge in [-0.1, -0.05) is 6.92 Å². The van der Waals surface area contributed by atoms with Crippen LogP contribution in [0.25, 0.3) is 0 Å². The van der Waals surface area contributed by atoms with Crippen molar-refractivity contribution in [3.05, 3.63) is 0 Å². The molecule has 3 atom stereocenters. The maximum atomic E-state index is 12.5. The molecule has 108 valence electrons. The Hall–Kier alpha value is -1.10. The average Bonchev–Trinajstić information content (AvgIpc) is 2.73. The Bertz CT molecular complexity index is 411. The summed E-state index contributed by atoms with van der Waals surface area (Å²) >= 11 is 0. The summed E-state index contributed by atoms with van der Waals surface area (Å²) in [5.74, 6) is -0.904. The van der Waals surface area contributed by atoms with Crippen molar-refractivity contribution in [1.29, 1.82) is 0 Å². The highest BCUT2D eigenvalue weighted by Crippen LogP contribution is 2.63. The van der Waals surface area contributed by atoms with E-state index in [4.69, 9.17) is 9.47 Å². The van der Waals surface area contributed by atoms with Gasteiger partial charge in [-0.05, 0) is 39.5 Å². The number of aliphatic hydroxyl groups is 1. The Balaban J connectivity index is 2.56. The number of hydrogen-bond donors (Lipinski definition) is 1. The summed E-state index contributed by atoms with van der Waals surface area (Å²) in [6.45, 7) is 7.10. The van der Waals surface area contributed by atoms with Gasteiger partial charge < -0.3 is 14.6 Å². The molecule has 0 radical (unpaired) electrons. The summed E-state index contributed by atoms with van der Waals surface area (Å²) in [5.41, 5.74) is -3.50. The zero-order valence-electron chi connectivity index (χ0n) is 12.0. The van der Waals surface area contributed by atoms with Crippen molar-refractivity contribution in [2.24, 2.45) is 11.3 Å². The summed E-state index contributed by atoms with van der Waals surface area (Å²) in [5, 5.41) is 10.5. The quantitative estimate of drug-likeness (QED) is 0.785. The standard InChI is InChI=1S/C14H22O5/c1-5-18-11(16)13-8-10(15)19-14(13,12(3,4)17)7-6-9(13)2/h9,17H,5-8H2,1-4H3/t9-,13?,14?/m1/s1. The minimum atomic E-state index is -1.28. The van der Waals surface area contributed by atoms with Gasteiger partial charge in [-0.3, -0.25) is 9.59 Å². The van der Waals surface area contributed by atoms with Gasteiger partial charge in [0, 0.05) is 0 Å². The van der Waals surface area contributed by atoms with E-state index in [2.05, 4.69) is 0 Å². The number of hydrogen-bond acceptors (Lipinski definition) is 5. The van der Waals surface area contributed by atoms with Gasteiger partial charge in [0.05, 0.1) is 18.6 Å². The third kappa shape index (κ3) is 1.64. The second-order valence-electron chi connectivity index (χ2n) is 6.17. The van der Waals surface area contributed by atoms with E-state index < -0.39 is 28.6 Å². The van der Waals surface area contributed by atoms with Crippen LogP contribution < -0.4 is 0 Å². The number of carbonyl (C=O) groups is 2. The molecule has 0 aromatic heterocycles. The molecule has 1 saturated heterocycles. The lowest BCUT2D eigenvalue weighted by Crippen LogP contribution is -2.61. The number of fused-ring (bicyclic) bond motifs is 1. The van der Waals surface area contributed by atoms with Crippen LogP contribution in [0.1, 0.15) is 47.0 Å². The van der Waals surface area contributed by atoms with Crippen LogP contribution in [-0.4, -0.2) is 34.9 Å². The summed E-state index contributed by atoms with van der Waals surface area (Å²) < 4.78 is 10.7. The lowest BCUT2D eigenvalue weighted by Gasteiger charge is -2.45. The fourth-order valence-electron chi connectivity index (χ4n) is 3.88. The van der Waals surface area contributed by atoms with Gasteiger partial charge in [-0.2, -0.15) is 0 Å². The smallest absolute Gasteiger partial charge is 0.317 e. The van der Waals surface area contributed by atoms with E-state index in [1.807, 2.05) is 6.92 Å². The van der Waals surface area contributed by atoms with Gasteiger partial charge in [-0.25, -0.2) is 0 Å². The maximum absolute atomic E-state index is 12.5. The van der Waals surface area contributed by atoms with Crippen molar-refractivity contribution in [3.8, 4) is 0 Å². The van der Waals surface area contributed by atoms with Gasteiger partial charge in [0.15, 0.2) is 5.60 Å². The monoisotopic (exact) mass is 270 g/mol. The van der Waals surface area contributed by atoms with E-state index in [1.54, 1.807) is 20.8 Å². The van der Waals surface area contributed by atoms with Crippen molar-refractivity contribution < 1.29 is 24.2 Å². The van der Waals surface area contributed by atoms with Gasteiger partial charge in [0.25, 0.3) is 0 Å². The van der Waals surface area contributed by atoms with E-state index >= 15 is 0 Å². The lowest BCUT2D eigenvalue weighted by molar-refractivity contribution is -0.202. The van der Waals surface area contributed by atoms with Crippen LogP contribution in [0.5, 0.6) is 0 Å². The van der Waals surface area contributed by atoms with Crippen molar-refractivity contribution in [1.82, 2.24) is 0 Å². The van der Waals surface area contributed by atoms with Crippen LogP contribution in [-0.2, 0) is 19.1 Å². The minimum absolute atomic E-state index is 0.00299. The molecule has 1 heterocycles. The molecule has 2 fully saturated rings. The van der Waals surface area contributed by atoms with Gasteiger partial charge in [0.1, 0.15) is 5.41 Å². The second kappa shape index (κ2) is 4.20. The zero-order valence-corrected chi connectivity index (χ0v) is 12.0. The van der Waals surface area contributed by atoms with Crippen LogP contribution >= 0.6 is 0 Å². The largest absolute Gasteiger partial charge is 0.465 e. The lowest BCUT2D eigenvalue weighted by atomic mass is 9.63. The molecule has 0 aromatic rings. The fraction of sp³-hybridized carbons (Fsp3) is 0.857. The van der Waals surface area contributed by atoms with Crippen molar-refractivity contribution in [3.63, 3.8) is 0 Å². The first kappa shape index (κ1) is 14.3. The zero-order chi connectivity index (χ0) is 14.5. The molecule has 0 amide bonds. The van der Waals surface area contributed by atoms with Crippen LogP contribution in [0.15, 0.2) is 0 Å². The number of carbonyl (C=O) groups excluding carboxylic acids is 2. The normalized spacial score (nSPS) is 37.9. The van der Waals surface area contributed by atoms with E-state index in [1.165, 1.54) is 0 Å². The molecular formula is C14H22O5. The highest BCUT2D eigenvalue weighted by molar-refractivity contribution is 5.89. The highest BCUT2D eigenvalue weighted by Gasteiger charge is 2.75. The van der Waals surface area contributed by atoms with Gasteiger partial charge in [-0.15, -0.1) is 0 Å². The fourth-order valence-corrected chi connectivity index (χ4v) is 3.88. The van der Waals surface area contributed by atoms with E-state index in [9.17, 15) is 14.7 Å². The Morgan fingerprint density at radius 3 is 2.74 bits per heavy atom. The van der Waals surface area contributed by atoms with E-state index in [0.717, 1.165) is 6.42 Å². The number of esters is 2. The third-order valence-corrected chi connectivity index (χ3v) is 4.83. The molecule has 0 bridgehead atoms. The first-order valence-corrected chi connectivity index (χ1v) is 6.82. The molecular weight excluding hydrogens is 248 g/mol. The molecule has 5 heteroatoms. The molecule has 5 nitrogen and oxygen atoms in total. The molecule has 2 aliphatic rings. The Labute approximate surface area is 113 Å². The molecule has 2 unspecified atom stereocenters. The molecule has 0 aromatic carbocycles. The molecule has 1 N–H and O–H groups in total. The molecule has 1 aliphatic carbocycles. The van der Waals surface area contributed by atoms with E-state index in [0.29, 0.717) is 6.42 Å². The summed E-state index contributed by atoms with van der Waals surface area (Å²) in [6, 6.07) is 0. The SMILES string of the molecule is CCOC(=O)C12CC(=O)OC1(C(C)(C)O)CC[C@H]2C. The predicted molar refractivity (Wildman–Crippen MR) is 67.2 cm³/mol. The van der Waals surface area contributed by atoms with Crippen LogP contribution in [0, 0.1) is 11.3 Å². The second-order valence-corrected chi connectivity index (χ2v) is 6.17. The van der Waals surface area contributed by atoms with Gasteiger partial charge >= 0.3 is 11.9 Å². The molecule has 1 aliphatic heterocycles. The highest BCUT2D eigenvalue weighted by atomic mass is 16.6. The molecule has 2 rings (SSSR count). The molecule has 1 saturated carbocycles. The summed E-state index contributed by atoms with van der Waals surface area (Å²) in [4.78, 5) is 24.3. The Kier molecular flexibility index (Phi) is 3.16. The first-order valence-electron chi connectivity index (χ1n) is 6.82. The molecule has 19 heavy (non-hydrogen) atoms. The van der Waals surface area contributed by atoms with Crippen LogP contribution in [0.4, 0.5) is 0 Å². The average molecular weight is 270 g/mol. The number of ether oxygens (including phenoxy) is 2. The first-order chi connectivity index (χ1) is 8.71. The number of rotatable bonds is 3. The van der Waals surface area contributed by atoms with Crippen LogP contribution in [0.2, 0.25) is 0 Å². The minimum Gasteiger partial charge on any atom is -0.465 e. The summed E-state index contributed by atoms with van der Waals surface area (Å²) in [6.07, 6.45) is 1.22. The maximum Gasteiger partial charge on any atom is 0.317 e. The topological polar surface area (TPSA) is 72.8 Å². The Morgan fingerprint density at radius 2 is 2.21 bits per heavy atom. The third-order valence-electron chi connectivity index (χ3n) is 4.83. The van der Waals surface area contributed by atoms with Crippen LogP contribution in [0.3, 0.4) is 0 Å². The Morgan fingerprint density at radius 1 is 1.58 bits per heavy atom. The van der Waals surface area contributed by atoms with Gasteiger partial charge in [0.2, 0.25) is 0 Å². The molecule has 0 spiro atoms. The van der Waals surface area contributed by atoms with E-state index in [-0.39, 0.29) is 18.9 Å². The van der Waals surface area contributed by atoms with Crippen molar-refractivity contribution in [2.45, 2.75) is 58.2 Å². The van der Waals surface area contributed by atoms with Crippen molar-refractivity contribution in [2.75, 3.05) is 6.61 Å². The summed E-state index contributed by atoms with van der Waals surface area (Å²) in [7, 11) is 0. The van der Waals surface area contributed by atoms with Crippen molar-refractivity contribution >= 4 is 11.9 Å².